The maximum Gasteiger partial charge on any atom is 0.416 e. The topological polar surface area (TPSA) is 78.4 Å². The number of carbonyl (C=O) groups excluding carboxylic acids is 1. The highest BCUT2D eigenvalue weighted by Gasteiger charge is 2.39. The highest BCUT2D eigenvalue weighted by atomic mass is 19.4. The van der Waals surface area contributed by atoms with Gasteiger partial charge in [0, 0.05) is 24.7 Å². The highest BCUT2D eigenvalue weighted by Crippen LogP contribution is 2.32. The minimum Gasteiger partial charge on any atom is -0.444 e. The van der Waals surface area contributed by atoms with Crippen molar-refractivity contribution in [3.63, 3.8) is 0 Å². The summed E-state index contributed by atoms with van der Waals surface area (Å²) in [7, 11) is 0. The van der Waals surface area contributed by atoms with Crippen LogP contribution in [0.15, 0.2) is 30.5 Å². The van der Waals surface area contributed by atoms with Crippen molar-refractivity contribution >= 4 is 6.09 Å². The number of aromatic amines is 1. The van der Waals surface area contributed by atoms with Crippen LogP contribution in [0.4, 0.5) is 18.0 Å². The summed E-state index contributed by atoms with van der Waals surface area (Å²) in [5.74, 6) is 0.509. The van der Waals surface area contributed by atoms with Crippen LogP contribution >= 0.6 is 0 Å². The molecule has 1 saturated heterocycles. The first kappa shape index (κ1) is 21.2. The summed E-state index contributed by atoms with van der Waals surface area (Å²) in [6.45, 7) is 5.44. The second-order valence-corrected chi connectivity index (χ2v) is 8.20. The van der Waals surface area contributed by atoms with E-state index in [1.807, 2.05) is 0 Å². The second-order valence-electron chi connectivity index (χ2n) is 8.20. The van der Waals surface area contributed by atoms with E-state index in [0.717, 1.165) is 12.1 Å². The number of nitrogens with zero attached hydrogens (tertiary/aromatic N) is 2. The van der Waals surface area contributed by atoms with Gasteiger partial charge < -0.3 is 14.8 Å². The van der Waals surface area contributed by atoms with Crippen molar-refractivity contribution in [1.29, 1.82) is 0 Å². The molecule has 1 aliphatic heterocycles. The third kappa shape index (κ3) is 5.29. The van der Waals surface area contributed by atoms with Gasteiger partial charge in [0.2, 0.25) is 0 Å². The molecule has 2 N–H and O–H groups in total. The molecule has 0 aliphatic carbocycles. The number of aliphatic hydroxyl groups is 1. The van der Waals surface area contributed by atoms with Gasteiger partial charge in [-0.3, -0.25) is 4.90 Å². The van der Waals surface area contributed by atoms with E-state index >= 15 is 0 Å². The fourth-order valence-corrected chi connectivity index (χ4v) is 3.26. The Morgan fingerprint density at radius 2 is 1.93 bits per heavy atom. The number of H-pyrrole nitrogens is 1. The summed E-state index contributed by atoms with van der Waals surface area (Å²) in [4.78, 5) is 21.3. The van der Waals surface area contributed by atoms with E-state index in [-0.39, 0.29) is 6.54 Å². The Morgan fingerprint density at radius 3 is 2.52 bits per heavy atom. The number of benzene rings is 1. The molecule has 9 heteroatoms. The highest BCUT2D eigenvalue weighted by molar-refractivity contribution is 5.69. The molecule has 0 spiro atoms. The number of ether oxygens (including phenoxy) is 1. The number of carbonyl (C=O) groups is 1. The smallest absolute Gasteiger partial charge is 0.416 e. The fraction of sp³-hybridized carbons (Fsp3) is 0.500. The Hall–Kier alpha value is -2.55. The molecule has 6 nitrogen and oxygen atoms in total. The van der Waals surface area contributed by atoms with Gasteiger partial charge in [0.25, 0.3) is 0 Å². The van der Waals surface area contributed by atoms with E-state index in [9.17, 15) is 23.1 Å². The van der Waals surface area contributed by atoms with Crippen molar-refractivity contribution in [2.45, 2.75) is 57.5 Å². The standard InChI is InChI=1S/C20H24F3N3O3/c1-19(2,3)29-18(28)26-11-15(27)9-16(26)17-24-10-14(25-17)8-12-4-6-13(7-5-12)20(21,22)23/h4-7,10,15-16,27H,8-9,11H2,1-3H3,(H,24,25)/t15-,16+/m1/s1. The Bertz CT molecular complexity index is 856. The van der Waals surface area contributed by atoms with E-state index in [4.69, 9.17) is 4.74 Å². The van der Waals surface area contributed by atoms with Crippen LogP contribution in [0.2, 0.25) is 0 Å². The van der Waals surface area contributed by atoms with Crippen LogP contribution in [0.3, 0.4) is 0 Å². The molecule has 0 unspecified atom stereocenters. The molecule has 0 radical (unpaired) electrons. The lowest BCUT2D eigenvalue weighted by Gasteiger charge is -2.27. The quantitative estimate of drug-likeness (QED) is 0.798. The summed E-state index contributed by atoms with van der Waals surface area (Å²) in [5.41, 5.74) is 0.0416. The average molecular weight is 411 g/mol. The van der Waals surface area contributed by atoms with Gasteiger partial charge in [0.1, 0.15) is 11.4 Å². The van der Waals surface area contributed by atoms with Crippen LogP contribution in [0, 0.1) is 0 Å². The van der Waals surface area contributed by atoms with Crippen LogP contribution in [0.25, 0.3) is 0 Å². The van der Waals surface area contributed by atoms with Gasteiger partial charge in [-0.2, -0.15) is 13.2 Å². The molecule has 2 aromatic rings. The number of aliphatic hydroxyl groups excluding tert-OH is 1. The Labute approximate surface area is 166 Å². The monoisotopic (exact) mass is 411 g/mol. The molecule has 1 aromatic carbocycles. The number of alkyl halides is 3. The molecular formula is C20H24F3N3O3. The summed E-state index contributed by atoms with van der Waals surface area (Å²) in [6.07, 6.45) is -3.30. The first-order chi connectivity index (χ1) is 13.4. The number of hydrogen-bond acceptors (Lipinski definition) is 4. The Balaban J connectivity index is 1.72. The molecule has 1 fully saturated rings. The molecule has 1 aliphatic rings. The molecule has 2 heterocycles. The van der Waals surface area contributed by atoms with E-state index in [2.05, 4.69) is 9.97 Å². The van der Waals surface area contributed by atoms with E-state index in [1.165, 1.54) is 17.0 Å². The largest absolute Gasteiger partial charge is 0.444 e. The number of likely N-dealkylation sites (tertiary alicyclic amines) is 1. The number of rotatable bonds is 3. The zero-order valence-corrected chi connectivity index (χ0v) is 16.5. The van der Waals surface area contributed by atoms with Gasteiger partial charge in [0.15, 0.2) is 0 Å². The summed E-state index contributed by atoms with van der Waals surface area (Å²) < 4.78 is 43.4. The lowest BCUT2D eigenvalue weighted by Crippen LogP contribution is -2.37. The van der Waals surface area contributed by atoms with Gasteiger partial charge in [-0.15, -0.1) is 0 Å². The zero-order chi connectivity index (χ0) is 21.4. The number of amides is 1. The van der Waals surface area contributed by atoms with Gasteiger partial charge in [-0.1, -0.05) is 12.1 Å². The molecule has 2 atom stereocenters. The molecule has 1 aromatic heterocycles. The summed E-state index contributed by atoms with van der Waals surface area (Å²) in [6, 6.07) is 4.49. The third-order valence-electron chi connectivity index (χ3n) is 4.55. The second kappa shape index (κ2) is 7.70. The van der Waals surface area contributed by atoms with Gasteiger partial charge in [0.05, 0.1) is 24.3 Å². The van der Waals surface area contributed by atoms with E-state index < -0.39 is 35.6 Å². The normalized spacial score (nSPS) is 20.2. The Kier molecular flexibility index (Phi) is 5.62. The van der Waals surface area contributed by atoms with E-state index in [0.29, 0.717) is 29.9 Å². The number of aromatic nitrogens is 2. The number of nitrogens with one attached hydrogen (secondary N) is 1. The molecule has 29 heavy (non-hydrogen) atoms. The zero-order valence-electron chi connectivity index (χ0n) is 16.5. The third-order valence-corrected chi connectivity index (χ3v) is 4.55. The SMILES string of the molecule is CC(C)(C)OC(=O)N1C[C@H](O)C[C@H]1c1ncc(Cc2ccc(C(F)(F)F)cc2)[nH]1. The maximum absolute atomic E-state index is 12.7. The van der Waals surface area contributed by atoms with Crippen LogP contribution in [-0.4, -0.2) is 44.3 Å². The molecule has 1 amide bonds. The molecule has 0 saturated carbocycles. The lowest BCUT2D eigenvalue weighted by atomic mass is 10.1. The first-order valence-corrected chi connectivity index (χ1v) is 9.30. The molecule has 158 valence electrons. The van der Waals surface area contributed by atoms with Crippen LogP contribution in [0.5, 0.6) is 0 Å². The fourth-order valence-electron chi connectivity index (χ4n) is 3.26. The maximum atomic E-state index is 12.7. The number of imidazole rings is 1. The van der Waals surface area contributed by atoms with Gasteiger partial charge in [-0.25, -0.2) is 9.78 Å². The van der Waals surface area contributed by atoms with Gasteiger partial charge >= 0.3 is 12.3 Å². The average Bonchev–Trinajstić information content (AvgIpc) is 3.19. The predicted molar refractivity (Wildman–Crippen MR) is 99.1 cm³/mol. The van der Waals surface area contributed by atoms with Crippen LogP contribution < -0.4 is 0 Å². The number of β-amino-alcohol motifs (C(OH)–C–C–N with tert-alkyl or cyclic N) is 1. The molecular weight excluding hydrogens is 387 g/mol. The predicted octanol–water partition coefficient (Wildman–Crippen LogP) is 4.06. The first-order valence-electron chi connectivity index (χ1n) is 9.30. The molecule has 3 rings (SSSR count). The van der Waals surface area contributed by atoms with Crippen molar-refractivity contribution in [3.05, 3.63) is 53.1 Å². The minimum absolute atomic E-state index is 0.147. The van der Waals surface area contributed by atoms with Crippen molar-refractivity contribution in [3.8, 4) is 0 Å². The summed E-state index contributed by atoms with van der Waals surface area (Å²) >= 11 is 0. The summed E-state index contributed by atoms with van der Waals surface area (Å²) in [5, 5.41) is 10.0. The van der Waals surface area contributed by atoms with Crippen molar-refractivity contribution in [1.82, 2.24) is 14.9 Å². The van der Waals surface area contributed by atoms with E-state index in [1.54, 1.807) is 27.0 Å². The number of hydrogen-bond donors (Lipinski definition) is 2. The van der Waals surface area contributed by atoms with Crippen molar-refractivity contribution < 1.29 is 27.8 Å². The molecule has 0 bridgehead atoms. The van der Waals surface area contributed by atoms with Crippen LogP contribution in [0.1, 0.15) is 55.9 Å². The van der Waals surface area contributed by atoms with Crippen molar-refractivity contribution in [2.75, 3.05) is 6.54 Å². The van der Waals surface area contributed by atoms with Crippen LogP contribution in [-0.2, 0) is 17.3 Å². The lowest BCUT2D eigenvalue weighted by molar-refractivity contribution is -0.137. The minimum atomic E-state index is -4.37. The van der Waals surface area contributed by atoms with Gasteiger partial charge in [-0.05, 0) is 38.5 Å². The van der Waals surface area contributed by atoms with Crippen molar-refractivity contribution in [2.24, 2.45) is 0 Å². The Morgan fingerprint density at radius 1 is 1.28 bits per heavy atom. The number of halogens is 3.